The Bertz CT molecular complexity index is 1080. The SMILES string of the molecule is CC(C)[C@@]12CC[C@@](C)(O1)[C@@H](Oc1cccc(Cl)c1CNS(=O)(=O)c1ccc(F)cc1)C2. The van der Waals surface area contributed by atoms with Gasteiger partial charge in [-0.2, -0.15) is 0 Å². The zero-order valence-corrected chi connectivity index (χ0v) is 19.4. The van der Waals surface area contributed by atoms with Gasteiger partial charge in [-0.3, -0.25) is 0 Å². The lowest BCUT2D eigenvalue weighted by atomic mass is 9.75. The van der Waals surface area contributed by atoms with Crippen molar-refractivity contribution >= 4 is 21.6 Å². The number of nitrogens with one attached hydrogen (secondary N) is 1. The Labute approximate surface area is 187 Å². The van der Waals surface area contributed by atoms with Crippen LogP contribution in [-0.4, -0.2) is 25.7 Å². The van der Waals surface area contributed by atoms with Crippen LogP contribution in [0.1, 0.15) is 45.6 Å². The van der Waals surface area contributed by atoms with E-state index in [-0.39, 0.29) is 28.7 Å². The van der Waals surface area contributed by atoms with Crippen molar-refractivity contribution in [3.05, 3.63) is 58.9 Å². The maximum Gasteiger partial charge on any atom is 0.240 e. The predicted molar refractivity (Wildman–Crippen MR) is 117 cm³/mol. The Hall–Kier alpha value is -1.67. The van der Waals surface area contributed by atoms with Crippen LogP contribution in [0.2, 0.25) is 5.02 Å². The Kier molecular flexibility index (Phi) is 5.83. The van der Waals surface area contributed by atoms with Crippen LogP contribution in [-0.2, 0) is 21.3 Å². The van der Waals surface area contributed by atoms with E-state index in [1.54, 1.807) is 18.2 Å². The van der Waals surface area contributed by atoms with Crippen LogP contribution >= 0.6 is 11.6 Å². The molecule has 2 heterocycles. The monoisotopic (exact) mass is 467 g/mol. The van der Waals surface area contributed by atoms with E-state index in [1.807, 2.05) is 0 Å². The number of sulfonamides is 1. The molecular weight excluding hydrogens is 441 g/mol. The number of rotatable bonds is 7. The molecule has 2 aliphatic heterocycles. The summed E-state index contributed by atoms with van der Waals surface area (Å²) >= 11 is 6.41. The highest BCUT2D eigenvalue weighted by molar-refractivity contribution is 7.89. The lowest BCUT2D eigenvalue weighted by molar-refractivity contribution is -0.0770. The van der Waals surface area contributed by atoms with Crippen molar-refractivity contribution in [3.8, 4) is 5.75 Å². The number of benzene rings is 2. The first-order valence-electron chi connectivity index (χ1n) is 10.4. The van der Waals surface area contributed by atoms with Gasteiger partial charge in [-0.05, 0) is 62.1 Å². The zero-order chi connectivity index (χ0) is 22.4. The molecule has 0 aliphatic carbocycles. The Morgan fingerprint density at radius 2 is 1.94 bits per heavy atom. The second-order valence-corrected chi connectivity index (χ2v) is 11.1. The van der Waals surface area contributed by atoms with Crippen molar-refractivity contribution in [1.29, 1.82) is 0 Å². The highest BCUT2D eigenvalue weighted by Crippen LogP contribution is 2.55. The summed E-state index contributed by atoms with van der Waals surface area (Å²) in [6.45, 7) is 6.37. The minimum Gasteiger partial charge on any atom is -0.487 e. The topological polar surface area (TPSA) is 64.6 Å². The van der Waals surface area contributed by atoms with Crippen LogP contribution in [0.15, 0.2) is 47.4 Å². The van der Waals surface area contributed by atoms with Crippen LogP contribution in [0.25, 0.3) is 0 Å². The van der Waals surface area contributed by atoms with Crippen molar-refractivity contribution < 1.29 is 22.3 Å². The molecule has 1 N–H and O–H groups in total. The van der Waals surface area contributed by atoms with Crippen molar-refractivity contribution in [1.82, 2.24) is 4.72 Å². The fourth-order valence-corrected chi connectivity index (χ4v) is 5.80. The van der Waals surface area contributed by atoms with Gasteiger partial charge in [0, 0.05) is 23.6 Å². The van der Waals surface area contributed by atoms with Gasteiger partial charge in [-0.25, -0.2) is 17.5 Å². The van der Waals surface area contributed by atoms with Gasteiger partial charge in [0.25, 0.3) is 0 Å². The molecule has 0 amide bonds. The normalized spacial score (nSPS) is 27.7. The molecule has 0 aromatic heterocycles. The van der Waals surface area contributed by atoms with Crippen LogP contribution < -0.4 is 9.46 Å². The number of halogens is 2. The van der Waals surface area contributed by atoms with E-state index >= 15 is 0 Å². The lowest BCUT2D eigenvalue weighted by Gasteiger charge is -2.32. The summed E-state index contributed by atoms with van der Waals surface area (Å²) in [4.78, 5) is -0.0173. The standard InChI is InChI=1S/C23H27ClFNO4S/c1-15(2)23-12-11-22(3,30-23)21(13-23)29-20-6-4-5-19(24)18(20)14-26-31(27,28)17-9-7-16(25)8-10-17/h4-10,15,21,26H,11-14H2,1-3H3/t21-,22+,23-/m0/s1. The maximum absolute atomic E-state index is 13.1. The molecule has 31 heavy (non-hydrogen) atoms. The first-order chi connectivity index (χ1) is 14.5. The maximum atomic E-state index is 13.1. The van der Waals surface area contributed by atoms with Gasteiger partial charge in [0.15, 0.2) is 0 Å². The van der Waals surface area contributed by atoms with Gasteiger partial charge >= 0.3 is 0 Å². The van der Waals surface area contributed by atoms with Crippen LogP contribution in [0.5, 0.6) is 5.75 Å². The Morgan fingerprint density at radius 3 is 2.58 bits per heavy atom. The third-order valence-corrected chi connectivity index (χ3v) is 8.42. The van der Waals surface area contributed by atoms with E-state index < -0.39 is 15.8 Å². The van der Waals surface area contributed by atoms with Gasteiger partial charge < -0.3 is 9.47 Å². The first-order valence-corrected chi connectivity index (χ1v) is 12.3. The molecule has 2 aromatic carbocycles. The Balaban J connectivity index is 1.54. The van der Waals surface area contributed by atoms with Crippen molar-refractivity contribution in [2.24, 2.45) is 5.92 Å². The van der Waals surface area contributed by atoms with Gasteiger partial charge in [0.05, 0.1) is 10.5 Å². The minimum absolute atomic E-state index is 0.0173. The zero-order valence-electron chi connectivity index (χ0n) is 17.8. The molecule has 2 aromatic rings. The van der Waals surface area contributed by atoms with Crippen molar-refractivity contribution in [2.45, 2.75) is 68.8 Å². The van der Waals surface area contributed by atoms with Gasteiger partial charge in [-0.15, -0.1) is 0 Å². The second kappa shape index (κ2) is 8.03. The highest BCUT2D eigenvalue weighted by atomic mass is 35.5. The summed E-state index contributed by atoms with van der Waals surface area (Å²) in [6, 6.07) is 9.94. The average molecular weight is 468 g/mol. The summed E-state index contributed by atoms with van der Waals surface area (Å²) in [6.07, 6.45) is 2.58. The van der Waals surface area contributed by atoms with Gasteiger partial charge in [-0.1, -0.05) is 31.5 Å². The summed E-state index contributed by atoms with van der Waals surface area (Å²) in [7, 11) is -3.83. The number of ether oxygens (including phenoxy) is 2. The minimum atomic E-state index is -3.83. The third-order valence-electron chi connectivity index (χ3n) is 6.65. The van der Waals surface area contributed by atoms with E-state index in [4.69, 9.17) is 21.1 Å². The second-order valence-electron chi connectivity index (χ2n) is 8.94. The number of hydrogen-bond donors (Lipinski definition) is 1. The van der Waals surface area contributed by atoms with Crippen LogP contribution in [0.4, 0.5) is 4.39 Å². The van der Waals surface area contributed by atoms with Gasteiger partial charge in [0.1, 0.15) is 23.3 Å². The number of fused-ring (bicyclic) bond motifs is 2. The first kappa shape index (κ1) is 22.5. The van der Waals surface area contributed by atoms with Crippen LogP contribution in [0, 0.1) is 11.7 Å². The van der Waals surface area contributed by atoms with Crippen molar-refractivity contribution in [3.63, 3.8) is 0 Å². The molecule has 3 atom stereocenters. The molecule has 5 nitrogen and oxygen atoms in total. The number of hydrogen-bond acceptors (Lipinski definition) is 4. The predicted octanol–water partition coefficient (Wildman–Crippen LogP) is 5.07. The molecule has 8 heteroatoms. The molecule has 0 radical (unpaired) electrons. The smallest absolute Gasteiger partial charge is 0.240 e. The summed E-state index contributed by atoms with van der Waals surface area (Å²) < 4.78 is 53.8. The van der Waals surface area contributed by atoms with E-state index in [9.17, 15) is 12.8 Å². The molecule has 0 saturated carbocycles. The lowest BCUT2D eigenvalue weighted by Crippen LogP contribution is -2.40. The third kappa shape index (κ3) is 4.21. The summed E-state index contributed by atoms with van der Waals surface area (Å²) in [5, 5.41) is 0.409. The molecule has 0 unspecified atom stereocenters. The molecule has 2 saturated heterocycles. The largest absolute Gasteiger partial charge is 0.487 e. The Morgan fingerprint density at radius 1 is 1.23 bits per heavy atom. The molecule has 168 valence electrons. The van der Waals surface area contributed by atoms with E-state index in [0.717, 1.165) is 31.4 Å². The average Bonchev–Trinajstić information content (AvgIpc) is 3.20. The van der Waals surface area contributed by atoms with E-state index in [1.165, 1.54) is 12.1 Å². The quantitative estimate of drug-likeness (QED) is 0.617. The fraction of sp³-hybridized carbons (Fsp3) is 0.478. The molecular formula is C23H27ClFNO4S. The molecule has 2 aliphatic rings. The van der Waals surface area contributed by atoms with Gasteiger partial charge in [0.2, 0.25) is 10.0 Å². The summed E-state index contributed by atoms with van der Waals surface area (Å²) in [5.41, 5.74) is -0.000360. The molecule has 0 spiro atoms. The van der Waals surface area contributed by atoms with Crippen molar-refractivity contribution in [2.75, 3.05) is 0 Å². The summed E-state index contributed by atoms with van der Waals surface area (Å²) in [5.74, 6) is 0.418. The molecule has 4 rings (SSSR count). The van der Waals surface area contributed by atoms with E-state index in [2.05, 4.69) is 25.5 Å². The molecule has 2 bridgehead atoms. The molecule has 2 fully saturated rings. The van der Waals surface area contributed by atoms with E-state index in [0.29, 0.717) is 22.3 Å². The fourth-order valence-electron chi connectivity index (χ4n) is 4.57. The highest BCUT2D eigenvalue weighted by Gasteiger charge is 2.61. The van der Waals surface area contributed by atoms with Crippen LogP contribution in [0.3, 0.4) is 0 Å².